The first-order chi connectivity index (χ1) is 30.2. The minimum absolute atomic E-state index is 0.00570. The summed E-state index contributed by atoms with van der Waals surface area (Å²) in [5.41, 5.74) is 0.342. The fourth-order valence-electron chi connectivity index (χ4n) is 10.5. The number of pyridine rings is 1. The molecule has 1 spiro atoms. The number of aromatic nitrogens is 3. The number of nitrogens with zero attached hydrogens (tertiary/aromatic N) is 6. The van der Waals surface area contributed by atoms with Crippen LogP contribution < -0.4 is 14.4 Å². The average molecular weight is 873 g/mol. The van der Waals surface area contributed by atoms with E-state index >= 15 is 8.78 Å². The number of amides is 1. The Kier molecular flexibility index (Phi) is 11.6. The number of rotatable bonds is 14. The largest absolute Gasteiger partial charge is 0.480 e. The number of carboxylic acids is 1. The van der Waals surface area contributed by atoms with Crippen molar-refractivity contribution in [3.63, 3.8) is 0 Å². The molecule has 5 fully saturated rings. The van der Waals surface area contributed by atoms with Crippen LogP contribution in [0.5, 0.6) is 11.8 Å². The highest BCUT2D eigenvalue weighted by Crippen LogP contribution is 2.52. The maximum Gasteiger partial charge on any atom is 0.410 e. The van der Waals surface area contributed by atoms with E-state index in [2.05, 4.69) is 9.80 Å². The standard InChI is InChI=1S/C47H58F2N6O8/c1-6-33-36(48)10-7-28-17-31(62-27-59-5)18-34(38(28)33)40-39(49)41-35(21-50-40)42(54-22-29-8-9-30(23-54)55(29)44(58)63-45(2,3)4)52-43(51-41)61-26-47(11-12-47)25-53-15-13-46(14-16-53)19-32(20-46)60-24-37(56)57/h7,10,17-18,21,29-30,32H,6,8-9,11-16,19-20,22-27H2,1-5H3,(H,56,57). The number of piperidine rings is 1. The van der Waals surface area contributed by atoms with Crippen molar-refractivity contribution in [2.75, 3.05) is 64.7 Å². The summed E-state index contributed by atoms with van der Waals surface area (Å²) in [6.07, 6.45) is 9.15. The van der Waals surface area contributed by atoms with Crippen LogP contribution in [0.1, 0.15) is 84.6 Å². The quantitative estimate of drug-likeness (QED) is 0.123. The summed E-state index contributed by atoms with van der Waals surface area (Å²) < 4.78 is 61.8. The molecule has 3 aliphatic heterocycles. The Morgan fingerprint density at radius 3 is 2.37 bits per heavy atom. The third-order valence-corrected chi connectivity index (χ3v) is 13.8. The van der Waals surface area contributed by atoms with E-state index in [4.69, 9.17) is 43.7 Å². The van der Waals surface area contributed by atoms with E-state index in [0.717, 1.165) is 71.0 Å². The SMILES string of the molecule is CCc1c(F)ccc2cc(OCOC)cc(-c3ncc4c(N5CC6CCC(C5)N6C(=O)OC(C)(C)C)nc(OCC5(CN6CCC7(CC6)CC(OCC(=O)O)C7)CC5)nc4c3F)c12. The molecule has 2 aliphatic carbocycles. The molecule has 2 bridgehead atoms. The smallest absolute Gasteiger partial charge is 0.410 e. The molecule has 1 N–H and O–H groups in total. The highest BCUT2D eigenvalue weighted by Gasteiger charge is 2.50. The summed E-state index contributed by atoms with van der Waals surface area (Å²) in [5.74, 6) is -1.12. The molecule has 2 aromatic carbocycles. The van der Waals surface area contributed by atoms with Gasteiger partial charge >= 0.3 is 18.1 Å². The van der Waals surface area contributed by atoms with Crippen molar-refractivity contribution in [3.05, 3.63) is 47.7 Å². The summed E-state index contributed by atoms with van der Waals surface area (Å²) in [5, 5.41) is 10.6. The van der Waals surface area contributed by atoms with Crippen LogP contribution in [0.4, 0.5) is 19.4 Å². The molecular weight excluding hydrogens is 815 g/mol. The Balaban J connectivity index is 1.02. The van der Waals surface area contributed by atoms with Gasteiger partial charge in [-0.25, -0.2) is 18.4 Å². The molecule has 2 atom stereocenters. The third kappa shape index (κ3) is 8.82. The first-order valence-electron chi connectivity index (χ1n) is 22.3. The minimum atomic E-state index is -0.933. The molecule has 9 rings (SSSR count). The van der Waals surface area contributed by atoms with Gasteiger partial charge in [0.05, 0.1) is 30.2 Å². The first-order valence-corrected chi connectivity index (χ1v) is 22.3. The van der Waals surface area contributed by atoms with Crippen molar-refractivity contribution < 1.29 is 47.2 Å². The second-order valence-corrected chi connectivity index (χ2v) is 19.5. The lowest BCUT2D eigenvalue weighted by Crippen LogP contribution is -2.57. The third-order valence-electron chi connectivity index (χ3n) is 13.8. The highest BCUT2D eigenvalue weighted by atomic mass is 19.1. The maximum absolute atomic E-state index is 17.5. The number of piperazine rings is 1. The number of benzene rings is 2. The van der Waals surface area contributed by atoms with E-state index in [9.17, 15) is 9.59 Å². The lowest BCUT2D eigenvalue weighted by Gasteiger charge is -2.52. The second-order valence-electron chi connectivity index (χ2n) is 19.5. The first kappa shape index (κ1) is 43.3. The predicted molar refractivity (Wildman–Crippen MR) is 231 cm³/mol. The van der Waals surface area contributed by atoms with Gasteiger partial charge in [-0.15, -0.1) is 0 Å². The van der Waals surface area contributed by atoms with Gasteiger partial charge in [0.1, 0.15) is 40.8 Å². The molecule has 1 amide bonds. The Hall–Kier alpha value is -4.93. The van der Waals surface area contributed by atoms with Gasteiger partial charge in [0.25, 0.3) is 0 Å². The average Bonchev–Trinajstić information content (AvgIpc) is 3.95. The van der Waals surface area contributed by atoms with Gasteiger partial charge in [-0.05, 0) is 132 Å². The molecule has 2 saturated carbocycles. The van der Waals surface area contributed by atoms with Crippen LogP contribution in [-0.4, -0.2) is 126 Å². The van der Waals surface area contributed by atoms with Crippen LogP contribution in [0, 0.1) is 22.5 Å². The summed E-state index contributed by atoms with van der Waals surface area (Å²) >= 11 is 0. The molecular formula is C47H58F2N6O8. The van der Waals surface area contributed by atoms with E-state index in [0.29, 0.717) is 65.0 Å². The van der Waals surface area contributed by atoms with Crippen molar-refractivity contribution in [2.45, 2.75) is 109 Å². The van der Waals surface area contributed by atoms with E-state index in [1.807, 2.05) is 32.6 Å². The molecule has 5 heterocycles. The summed E-state index contributed by atoms with van der Waals surface area (Å²) in [6.45, 7) is 11.2. The fourth-order valence-corrected chi connectivity index (χ4v) is 10.5. The molecule has 2 unspecified atom stereocenters. The van der Waals surface area contributed by atoms with Crippen molar-refractivity contribution in [1.82, 2.24) is 24.8 Å². The number of hydrogen-bond acceptors (Lipinski definition) is 12. The van der Waals surface area contributed by atoms with Crippen LogP contribution in [-0.2, 0) is 25.4 Å². The topological polar surface area (TPSA) is 149 Å². The molecule has 0 radical (unpaired) electrons. The predicted octanol–water partition coefficient (Wildman–Crippen LogP) is 7.76. The Bertz CT molecular complexity index is 2380. The van der Waals surface area contributed by atoms with Crippen molar-refractivity contribution in [3.8, 4) is 23.0 Å². The number of ether oxygens (including phenoxy) is 5. The molecule has 16 heteroatoms. The van der Waals surface area contributed by atoms with Gasteiger partial charge in [-0.3, -0.25) is 9.88 Å². The van der Waals surface area contributed by atoms with Crippen molar-refractivity contribution in [1.29, 1.82) is 0 Å². The van der Waals surface area contributed by atoms with Gasteiger partial charge in [-0.1, -0.05) is 13.0 Å². The number of fused-ring (bicyclic) bond motifs is 4. The summed E-state index contributed by atoms with van der Waals surface area (Å²) in [7, 11) is 1.51. The van der Waals surface area contributed by atoms with E-state index in [1.165, 1.54) is 13.2 Å². The molecule has 63 heavy (non-hydrogen) atoms. The number of hydrogen-bond donors (Lipinski definition) is 1. The van der Waals surface area contributed by atoms with Crippen LogP contribution in [0.25, 0.3) is 32.9 Å². The van der Waals surface area contributed by atoms with E-state index in [1.54, 1.807) is 24.4 Å². The molecule has 5 aliphatic rings. The summed E-state index contributed by atoms with van der Waals surface area (Å²) in [4.78, 5) is 45.3. The molecule has 4 aromatic rings. The number of halogens is 2. The van der Waals surface area contributed by atoms with Gasteiger partial charge in [0.2, 0.25) is 0 Å². The molecule has 338 valence electrons. The Morgan fingerprint density at radius 1 is 0.984 bits per heavy atom. The van der Waals surface area contributed by atoms with Crippen LogP contribution in [0.3, 0.4) is 0 Å². The number of carbonyl (C=O) groups excluding carboxylic acids is 1. The number of carbonyl (C=O) groups is 2. The van der Waals surface area contributed by atoms with E-state index < -0.39 is 23.2 Å². The monoisotopic (exact) mass is 872 g/mol. The van der Waals surface area contributed by atoms with Gasteiger partial charge in [0.15, 0.2) is 12.6 Å². The van der Waals surface area contributed by atoms with Crippen LogP contribution in [0.15, 0.2) is 30.5 Å². The molecule has 14 nitrogen and oxygen atoms in total. The number of anilines is 1. The zero-order valence-electron chi connectivity index (χ0n) is 36.9. The number of likely N-dealkylation sites (tertiary alicyclic amines) is 1. The number of aliphatic carboxylic acids is 1. The number of carboxylic acid groups (broad SMARTS) is 1. The summed E-state index contributed by atoms with van der Waals surface area (Å²) in [6, 6.07) is 6.31. The number of aryl methyl sites for hydroxylation is 1. The Morgan fingerprint density at radius 2 is 1.71 bits per heavy atom. The van der Waals surface area contributed by atoms with Gasteiger partial charge < -0.3 is 38.6 Å². The number of methoxy groups -OCH3 is 1. The maximum atomic E-state index is 17.5. The van der Waals surface area contributed by atoms with Crippen LogP contribution >= 0.6 is 0 Å². The van der Waals surface area contributed by atoms with Gasteiger partial charge in [0, 0.05) is 43.9 Å². The highest BCUT2D eigenvalue weighted by molar-refractivity contribution is 6.02. The van der Waals surface area contributed by atoms with Crippen LogP contribution in [0.2, 0.25) is 0 Å². The van der Waals surface area contributed by atoms with Gasteiger partial charge in [-0.2, -0.15) is 9.97 Å². The lowest BCUT2D eigenvalue weighted by molar-refractivity contribution is -0.154. The van der Waals surface area contributed by atoms with Crippen molar-refractivity contribution >= 4 is 39.6 Å². The minimum Gasteiger partial charge on any atom is -0.480 e. The second kappa shape index (κ2) is 16.9. The zero-order chi connectivity index (χ0) is 44.3. The normalized spacial score (nSPS) is 21.8. The lowest BCUT2D eigenvalue weighted by atomic mass is 9.61. The molecule has 2 aromatic heterocycles. The fraction of sp³-hybridized carbons (Fsp3) is 0.596. The van der Waals surface area contributed by atoms with E-state index in [-0.39, 0.29) is 65.7 Å². The molecule has 3 saturated heterocycles. The zero-order valence-corrected chi connectivity index (χ0v) is 36.9. The van der Waals surface area contributed by atoms with Crippen molar-refractivity contribution in [2.24, 2.45) is 10.8 Å². The Labute approximate surface area is 366 Å².